The molecular weight excluding hydrogens is 234 g/mol. The van der Waals surface area contributed by atoms with Gasteiger partial charge in [0, 0.05) is 31.5 Å². The number of ketones is 1. The number of rotatable bonds is 4. The summed E-state index contributed by atoms with van der Waals surface area (Å²) in [5, 5.41) is 9.13. The lowest BCUT2D eigenvalue weighted by atomic mass is 10.0. The lowest BCUT2D eigenvalue weighted by molar-refractivity contribution is 0.0593. The van der Waals surface area contributed by atoms with Crippen LogP contribution in [0.3, 0.4) is 0 Å². The number of aromatic carboxylic acids is 1. The summed E-state index contributed by atoms with van der Waals surface area (Å²) in [5.41, 5.74) is 0.645. The predicted molar refractivity (Wildman–Crippen MR) is 64.9 cm³/mol. The van der Waals surface area contributed by atoms with Crippen molar-refractivity contribution in [3.05, 3.63) is 23.5 Å². The van der Waals surface area contributed by atoms with Crippen LogP contribution in [0.25, 0.3) is 0 Å². The standard InChI is InChI=1S/C13H17NO4/c1-9(15)11-6-12(13(16)17)14(8-11)7-10-2-4-18-5-3-10/h6,8,10H,2-5,7H2,1H3,(H,16,17). The fraction of sp³-hybridized carbons (Fsp3) is 0.538. The summed E-state index contributed by atoms with van der Waals surface area (Å²) in [6.45, 7) is 3.54. The van der Waals surface area contributed by atoms with Crippen molar-refractivity contribution >= 4 is 11.8 Å². The van der Waals surface area contributed by atoms with Crippen molar-refractivity contribution in [1.29, 1.82) is 0 Å². The third kappa shape index (κ3) is 2.79. The van der Waals surface area contributed by atoms with Crippen LogP contribution < -0.4 is 0 Å². The Morgan fingerprint density at radius 2 is 2.11 bits per heavy atom. The number of hydrogen-bond acceptors (Lipinski definition) is 3. The monoisotopic (exact) mass is 251 g/mol. The minimum Gasteiger partial charge on any atom is -0.477 e. The number of nitrogens with zero attached hydrogens (tertiary/aromatic N) is 1. The number of carboxylic acid groups (broad SMARTS) is 1. The molecule has 1 saturated heterocycles. The number of aromatic nitrogens is 1. The Balaban J connectivity index is 2.19. The van der Waals surface area contributed by atoms with Gasteiger partial charge in [-0.3, -0.25) is 4.79 Å². The molecule has 1 aromatic rings. The summed E-state index contributed by atoms with van der Waals surface area (Å²) in [6.07, 6.45) is 3.51. The van der Waals surface area contributed by atoms with Gasteiger partial charge in [0.05, 0.1) is 0 Å². The van der Waals surface area contributed by atoms with Gasteiger partial charge in [0.2, 0.25) is 0 Å². The van der Waals surface area contributed by atoms with Crippen molar-refractivity contribution in [3.63, 3.8) is 0 Å². The van der Waals surface area contributed by atoms with Crippen LogP contribution in [0, 0.1) is 5.92 Å². The van der Waals surface area contributed by atoms with Crippen LogP contribution in [-0.2, 0) is 11.3 Å². The number of carbonyl (C=O) groups is 2. The van der Waals surface area contributed by atoms with Crippen LogP contribution in [0.2, 0.25) is 0 Å². The maximum atomic E-state index is 11.3. The van der Waals surface area contributed by atoms with Gasteiger partial charge in [0.15, 0.2) is 5.78 Å². The van der Waals surface area contributed by atoms with Gasteiger partial charge in [-0.2, -0.15) is 0 Å². The zero-order chi connectivity index (χ0) is 13.1. The Labute approximate surface area is 105 Å². The van der Waals surface area contributed by atoms with E-state index in [1.165, 1.54) is 13.0 Å². The molecular formula is C13H17NO4. The summed E-state index contributed by atoms with van der Waals surface area (Å²) < 4.78 is 6.95. The number of Topliss-reactive ketones (excluding diaryl/α,β-unsaturated/α-hetero) is 1. The molecule has 1 N–H and O–H groups in total. The average Bonchev–Trinajstić information content (AvgIpc) is 2.74. The van der Waals surface area contributed by atoms with Crippen molar-refractivity contribution in [2.45, 2.75) is 26.3 Å². The maximum absolute atomic E-state index is 11.3. The van der Waals surface area contributed by atoms with E-state index in [4.69, 9.17) is 9.84 Å². The van der Waals surface area contributed by atoms with E-state index in [-0.39, 0.29) is 11.5 Å². The maximum Gasteiger partial charge on any atom is 0.352 e. The predicted octanol–water partition coefficient (Wildman–Crippen LogP) is 1.82. The topological polar surface area (TPSA) is 68.5 Å². The summed E-state index contributed by atoms with van der Waals surface area (Å²) in [4.78, 5) is 22.4. The fourth-order valence-electron chi connectivity index (χ4n) is 2.24. The molecule has 1 aliphatic rings. The Hall–Kier alpha value is -1.62. The zero-order valence-corrected chi connectivity index (χ0v) is 10.4. The van der Waals surface area contributed by atoms with E-state index >= 15 is 0 Å². The minimum absolute atomic E-state index is 0.108. The summed E-state index contributed by atoms with van der Waals surface area (Å²) in [7, 11) is 0. The van der Waals surface area contributed by atoms with Crippen molar-refractivity contribution in [3.8, 4) is 0 Å². The highest BCUT2D eigenvalue weighted by Gasteiger charge is 2.19. The molecule has 0 atom stereocenters. The SMILES string of the molecule is CC(=O)c1cc(C(=O)O)n(CC2CCOCC2)c1. The van der Waals surface area contributed by atoms with Crippen LogP contribution in [0.15, 0.2) is 12.3 Å². The Morgan fingerprint density at radius 1 is 1.44 bits per heavy atom. The quantitative estimate of drug-likeness (QED) is 0.829. The smallest absolute Gasteiger partial charge is 0.352 e. The molecule has 0 spiro atoms. The van der Waals surface area contributed by atoms with E-state index in [0.29, 0.717) is 18.0 Å². The van der Waals surface area contributed by atoms with Crippen LogP contribution in [-0.4, -0.2) is 34.6 Å². The van der Waals surface area contributed by atoms with E-state index in [2.05, 4.69) is 0 Å². The van der Waals surface area contributed by atoms with Crippen LogP contribution in [0.5, 0.6) is 0 Å². The molecule has 5 heteroatoms. The Morgan fingerprint density at radius 3 is 2.67 bits per heavy atom. The van der Waals surface area contributed by atoms with Gasteiger partial charge in [-0.05, 0) is 31.7 Å². The molecule has 18 heavy (non-hydrogen) atoms. The van der Waals surface area contributed by atoms with Gasteiger partial charge in [-0.25, -0.2) is 4.79 Å². The molecule has 0 saturated carbocycles. The molecule has 0 aromatic carbocycles. The first-order valence-electron chi connectivity index (χ1n) is 6.10. The number of carbonyl (C=O) groups excluding carboxylic acids is 1. The summed E-state index contributed by atoms with van der Waals surface area (Å²) in [5.74, 6) is -0.679. The van der Waals surface area contributed by atoms with Gasteiger partial charge in [-0.15, -0.1) is 0 Å². The third-order valence-corrected chi connectivity index (χ3v) is 3.32. The summed E-state index contributed by atoms with van der Waals surface area (Å²) >= 11 is 0. The highest BCUT2D eigenvalue weighted by molar-refractivity contribution is 5.97. The normalized spacial score (nSPS) is 16.7. The molecule has 1 aliphatic heterocycles. The minimum atomic E-state index is -0.991. The molecule has 1 aromatic heterocycles. The first-order valence-corrected chi connectivity index (χ1v) is 6.10. The average molecular weight is 251 g/mol. The van der Waals surface area contributed by atoms with Crippen molar-refractivity contribution in [1.82, 2.24) is 4.57 Å². The first-order chi connectivity index (χ1) is 8.58. The Kier molecular flexibility index (Phi) is 3.81. The summed E-state index contributed by atoms with van der Waals surface area (Å²) in [6, 6.07) is 1.45. The molecule has 2 rings (SSSR count). The van der Waals surface area contributed by atoms with Gasteiger partial charge in [0.25, 0.3) is 0 Å². The fourth-order valence-corrected chi connectivity index (χ4v) is 2.24. The lowest BCUT2D eigenvalue weighted by Gasteiger charge is -2.22. The number of ether oxygens (including phenoxy) is 1. The van der Waals surface area contributed by atoms with Gasteiger partial charge in [0.1, 0.15) is 5.69 Å². The molecule has 1 fully saturated rings. The van der Waals surface area contributed by atoms with Gasteiger partial charge < -0.3 is 14.4 Å². The second kappa shape index (κ2) is 5.35. The first kappa shape index (κ1) is 12.8. The van der Waals surface area contributed by atoms with E-state index in [1.54, 1.807) is 10.8 Å². The van der Waals surface area contributed by atoms with Crippen LogP contribution in [0.1, 0.15) is 40.6 Å². The largest absolute Gasteiger partial charge is 0.477 e. The van der Waals surface area contributed by atoms with Crippen molar-refractivity contribution < 1.29 is 19.4 Å². The van der Waals surface area contributed by atoms with Crippen LogP contribution in [0.4, 0.5) is 0 Å². The zero-order valence-electron chi connectivity index (χ0n) is 10.4. The van der Waals surface area contributed by atoms with Gasteiger partial charge in [-0.1, -0.05) is 0 Å². The van der Waals surface area contributed by atoms with E-state index in [9.17, 15) is 9.59 Å². The van der Waals surface area contributed by atoms with Crippen molar-refractivity contribution in [2.75, 3.05) is 13.2 Å². The third-order valence-electron chi connectivity index (χ3n) is 3.32. The molecule has 5 nitrogen and oxygen atoms in total. The molecule has 0 unspecified atom stereocenters. The van der Waals surface area contributed by atoms with Gasteiger partial charge >= 0.3 is 5.97 Å². The number of hydrogen-bond donors (Lipinski definition) is 1. The molecule has 0 radical (unpaired) electrons. The molecule has 0 aliphatic carbocycles. The molecule has 0 amide bonds. The second-order valence-corrected chi connectivity index (χ2v) is 4.68. The Bertz CT molecular complexity index is 458. The highest BCUT2D eigenvalue weighted by atomic mass is 16.5. The lowest BCUT2D eigenvalue weighted by Crippen LogP contribution is -2.21. The van der Waals surface area contributed by atoms with E-state index < -0.39 is 5.97 Å². The van der Waals surface area contributed by atoms with E-state index in [1.807, 2.05) is 0 Å². The second-order valence-electron chi connectivity index (χ2n) is 4.68. The van der Waals surface area contributed by atoms with Crippen molar-refractivity contribution in [2.24, 2.45) is 5.92 Å². The number of carboxylic acids is 1. The molecule has 2 heterocycles. The molecule has 98 valence electrons. The highest BCUT2D eigenvalue weighted by Crippen LogP contribution is 2.19. The van der Waals surface area contributed by atoms with Crippen LogP contribution >= 0.6 is 0 Å². The molecule has 0 bridgehead atoms. The van der Waals surface area contributed by atoms with E-state index in [0.717, 1.165) is 26.1 Å².